The van der Waals surface area contributed by atoms with Crippen LogP contribution in [-0.4, -0.2) is 6.04 Å². The second-order valence-electron chi connectivity index (χ2n) is 11.7. The molecule has 196 valence electrons. The van der Waals surface area contributed by atoms with Gasteiger partial charge >= 0.3 is 0 Å². The Morgan fingerprint density at radius 2 is 1.38 bits per heavy atom. The molecule has 2 heteroatoms. The van der Waals surface area contributed by atoms with Crippen LogP contribution in [0.4, 0.5) is 11.4 Å². The molecule has 0 saturated heterocycles. The molecule has 42 heavy (non-hydrogen) atoms. The molecule has 0 amide bonds. The van der Waals surface area contributed by atoms with Crippen LogP contribution in [0.5, 0.6) is 0 Å². The second kappa shape index (κ2) is 8.31. The highest BCUT2D eigenvalue weighted by Gasteiger charge is 2.35. The Labute approximate surface area is 248 Å². The predicted octanol–water partition coefficient (Wildman–Crippen LogP) is 11.4. The zero-order chi connectivity index (χ0) is 27.4. The van der Waals surface area contributed by atoms with Crippen molar-refractivity contribution in [3.05, 3.63) is 139 Å². The Morgan fingerprint density at radius 3 is 2.29 bits per heavy atom. The fourth-order valence-electron chi connectivity index (χ4n) is 7.61. The van der Waals surface area contributed by atoms with Gasteiger partial charge in [0.25, 0.3) is 0 Å². The van der Waals surface area contributed by atoms with E-state index in [0.717, 1.165) is 6.42 Å². The third-order valence-corrected chi connectivity index (χ3v) is 10.6. The van der Waals surface area contributed by atoms with E-state index in [1.165, 1.54) is 86.8 Å². The standard InChI is InChI=1S/C40H25NS/c1-3-13-36-29(9-1)34-22-26(25-15-18-28-31-11-5-7-24-8-6-12-32(40(24)31)33(28)21-25)16-19-37(34)41(36)27-17-20-39-35(23-27)30-10-2-4-14-38(30)42-39/h1-12,14-23,36H,13H2. The number of thiophene rings is 1. The molecule has 0 bridgehead atoms. The first-order valence-corrected chi connectivity index (χ1v) is 15.5. The number of allylic oxidation sites excluding steroid dienone is 2. The molecule has 1 aromatic heterocycles. The van der Waals surface area contributed by atoms with Crippen molar-refractivity contribution in [2.24, 2.45) is 0 Å². The minimum Gasteiger partial charge on any atom is -0.333 e. The molecular formula is C40H25NS. The zero-order valence-corrected chi connectivity index (χ0v) is 23.7. The first-order valence-electron chi connectivity index (χ1n) is 14.7. The minimum absolute atomic E-state index is 0.315. The highest BCUT2D eigenvalue weighted by molar-refractivity contribution is 7.25. The summed E-state index contributed by atoms with van der Waals surface area (Å²) in [5, 5.41) is 5.40. The first-order chi connectivity index (χ1) is 20.8. The number of benzene rings is 6. The average Bonchev–Trinajstić information content (AvgIpc) is 3.69. The highest BCUT2D eigenvalue weighted by atomic mass is 32.1. The van der Waals surface area contributed by atoms with Gasteiger partial charge in [0, 0.05) is 37.1 Å². The van der Waals surface area contributed by atoms with E-state index in [-0.39, 0.29) is 0 Å². The van der Waals surface area contributed by atoms with Crippen LogP contribution in [0, 0.1) is 0 Å². The molecule has 0 N–H and O–H groups in total. The van der Waals surface area contributed by atoms with Crippen LogP contribution in [-0.2, 0) is 0 Å². The molecule has 0 saturated carbocycles. The summed E-state index contributed by atoms with van der Waals surface area (Å²) in [6.45, 7) is 0. The Morgan fingerprint density at radius 1 is 0.595 bits per heavy atom. The Bertz CT molecular complexity index is 2350. The van der Waals surface area contributed by atoms with E-state index in [1.54, 1.807) is 0 Å². The molecule has 6 aromatic carbocycles. The molecule has 3 aliphatic rings. The van der Waals surface area contributed by atoms with E-state index in [2.05, 4.69) is 138 Å². The summed E-state index contributed by atoms with van der Waals surface area (Å²) in [6.07, 6.45) is 7.88. The molecule has 10 rings (SSSR count). The lowest BCUT2D eigenvalue weighted by Gasteiger charge is -2.28. The van der Waals surface area contributed by atoms with E-state index in [9.17, 15) is 0 Å². The van der Waals surface area contributed by atoms with Gasteiger partial charge in [-0.15, -0.1) is 11.3 Å². The zero-order valence-electron chi connectivity index (χ0n) is 22.8. The highest BCUT2D eigenvalue weighted by Crippen LogP contribution is 2.51. The van der Waals surface area contributed by atoms with Crippen LogP contribution in [0.2, 0.25) is 0 Å². The molecule has 1 nitrogen and oxygen atoms in total. The monoisotopic (exact) mass is 551 g/mol. The Kier molecular flexibility index (Phi) is 4.50. The van der Waals surface area contributed by atoms with E-state index >= 15 is 0 Å². The molecule has 0 spiro atoms. The normalized spacial score (nSPS) is 16.2. The lowest BCUT2D eigenvalue weighted by Crippen LogP contribution is -2.26. The van der Waals surface area contributed by atoms with Crippen molar-refractivity contribution in [3.63, 3.8) is 0 Å². The lowest BCUT2D eigenvalue weighted by molar-refractivity contribution is 0.830. The van der Waals surface area contributed by atoms with E-state index in [1.807, 2.05) is 11.3 Å². The smallest absolute Gasteiger partial charge is 0.0632 e. The number of fused-ring (bicyclic) bond motifs is 9. The molecular weight excluding hydrogens is 527 g/mol. The quantitative estimate of drug-likeness (QED) is 0.206. The molecule has 1 aliphatic heterocycles. The summed E-state index contributed by atoms with van der Waals surface area (Å²) in [5.74, 6) is 0. The van der Waals surface area contributed by atoms with Crippen LogP contribution in [0.15, 0.2) is 133 Å². The maximum absolute atomic E-state index is 2.57. The van der Waals surface area contributed by atoms with Gasteiger partial charge in [0.05, 0.1) is 6.04 Å². The van der Waals surface area contributed by atoms with E-state index in [4.69, 9.17) is 0 Å². The number of hydrogen-bond acceptors (Lipinski definition) is 2. The van der Waals surface area contributed by atoms with Crippen molar-refractivity contribution in [2.75, 3.05) is 4.90 Å². The first kappa shape index (κ1) is 22.7. The molecule has 2 heterocycles. The van der Waals surface area contributed by atoms with Crippen LogP contribution < -0.4 is 4.90 Å². The van der Waals surface area contributed by atoms with Crippen molar-refractivity contribution in [2.45, 2.75) is 12.5 Å². The summed E-state index contributed by atoms with van der Waals surface area (Å²) in [6, 6.07) is 43.6. The SMILES string of the molecule is C1=CCC2C(=C1)c1cc(-c3ccc4c(c3)-c3cccc5cccc-4c35)ccc1N2c1ccc2sc3ccccc3c2c1. The van der Waals surface area contributed by atoms with Gasteiger partial charge in [0.2, 0.25) is 0 Å². The molecule has 0 fully saturated rings. The van der Waals surface area contributed by atoms with Crippen molar-refractivity contribution >= 4 is 59.2 Å². The number of anilines is 2. The number of nitrogens with zero attached hydrogens (tertiary/aromatic N) is 1. The van der Waals surface area contributed by atoms with Gasteiger partial charge < -0.3 is 4.90 Å². The van der Waals surface area contributed by atoms with Gasteiger partial charge in [-0.1, -0.05) is 91.0 Å². The summed E-state index contributed by atoms with van der Waals surface area (Å²) >= 11 is 1.88. The Balaban J connectivity index is 1.11. The van der Waals surface area contributed by atoms with Crippen molar-refractivity contribution in [3.8, 4) is 33.4 Å². The van der Waals surface area contributed by atoms with E-state index in [0.29, 0.717) is 6.04 Å². The van der Waals surface area contributed by atoms with Gasteiger partial charge in [0.15, 0.2) is 0 Å². The van der Waals surface area contributed by atoms with Gasteiger partial charge in [-0.3, -0.25) is 0 Å². The van der Waals surface area contributed by atoms with E-state index < -0.39 is 0 Å². The van der Waals surface area contributed by atoms with Crippen LogP contribution in [0.1, 0.15) is 12.0 Å². The number of hydrogen-bond donors (Lipinski definition) is 0. The maximum Gasteiger partial charge on any atom is 0.0632 e. The van der Waals surface area contributed by atoms with Crippen molar-refractivity contribution in [1.29, 1.82) is 0 Å². The van der Waals surface area contributed by atoms with Crippen LogP contribution >= 0.6 is 11.3 Å². The van der Waals surface area contributed by atoms with Gasteiger partial charge in [-0.05, 0) is 98.6 Å². The topological polar surface area (TPSA) is 3.24 Å². The minimum atomic E-state index is 0.315. The average molecular weight is 552 g/mol. The summed E-state index contributed by atoms with van der Waals surface area (Å²) < 4.78 is 2.70. The number of rotatable bonds is 2. The lowest BCUT2D eigenvalue weighted by atomic mass is 9.92. The largest absolute Gasteiger partial charge is 0.333 e. The van der Waals surface area contributed by atoms with Crippen molar-refractivity contribution < 1.29 is 0 Å². The summed E-state index contributed by atoms with van der Waals surface area (Å²) in [7, 11) is 0. The van der Waals surface area contributed by atoms with Crippen LogP contribution in [0.25, 0.3) is 69.9 Å². The summed E-state index contributed by atoms with van der Waals surface area (Å²) in [5.41, 5.74) is 13.3. The van der Waals surface area contributed by atoms with Gasteiger partial charge in [0.1, 0.15) is 0 Å². The van der Waals surface area contributed by atoms with Crippen molar-refractivity contribution in [1.82, 2.24) is 0 Å². The third kappa shape index (κ3) is 3.02. The molecule has 1 atom stereocenters. The molecule has 0 radical (unpaired) electrons. The molecule has 7 aromatic rings. The van der Waals surface area contributed by atoms with Gasteiger partial charge in [-0.25, -0.2) is 0 Å². The fourth-order valence-corrected chi connectivity index (χ4v) is 8.70. The molecule has 1 unspecified atom stereocenters. The van der Waals surface area contributed by atoms with Gasteiger partial charge in [-0.2, -0.15) is 0 Å². The second-order valence-corrected chi connectivity index (χ2v) is 12.7. The predicted molar refractivity (Wildman–Crippen MR) is 181 cm³/mol. The Hall–Kier alpha value is -4.92. The molecule has 2 aliphatic carbocycles. The third-order valence-electron chi connectivity index (χ3n) is 9.49. The van der Waals surface area contributed by atoms with Crippen LogP contribution in [0.3, 0.4) is 0 Å². The maximum atomic E-state index is 2.57. The summed E-state index contributed by atoms with van der Waals surface area (Å²) in [4.78, 5) is 2.57. The fraction of sp³-hybridized carbons (Fsp3) is 0.0500.